The molecule has 0 radical (unpaired) electrons. The Hall–Kier alpha value is -1.26. The fourth-order valence-corrected chi connectivity index (χ4v) is 3.36. The Morgan fingerprint density at radius 3 is 2.85 bits per heavy atom. The highest BCUT2D eigenvalue weighted by molar-refractivity contribution is 5.53. The normalized spacial score (nSPS) is 19.7. The SMILES string of the molecule is CN(Cc1cc(N)cc2c1OCOC2)C1CCCCC1. The number of ether oxygens (including phenoxy) is 2. The Labute approximate surface area is 120 Å². The lowest BCUT2D eigenvalue weighted by atomic mass is 9.94. The van der Waals surface area contributed by atoms with Crippen molar-refractivity contribution in [1.29, 1.82) is 0 Å². The van der Waals surface area contributed by atoms with E-state index in [2.05, 4.69) is 11.9 Å². The Kier molecular flexibility index (Phi) is 4.13. The summed E-state index contributed by atoms with van der Waals surface area (Å²) in [5, 5.41) is 0. The summed E-state index contributed by atoms with van der Waals surface area (Å²) in [5.41, 5.74) is 9.07. The lowest BCUT2D eigenvalue weighted by Gasteiger charge is -2.32. The standard InChI is InChI=1S/C16H24N2O2/c1-18(15-5-3-2-4-6-15)9-12-7-14(17)8-13-10-19-11-20-16(12)13/h7-8,15H,2-6,9-11,17H2,1H3. The molecular formula is C16H24N2O2. The molecule has 1 aromatic rings. The first kappa shape index (κ1) is 13.7. The second-order valence-corrected chi connectivity index (χ2v) is 5.99. The molecule has 0 atom stereocenters. The van der Waals surface area contributed by atoms with Crippen LogP contribution in [0.1, 0.15) is 43.2 Å². The van der Waals surface area contributed by atoms with Crippen molar-refractivity contribution in [2.75, 3.05) is 19.6 Å². The van der Waals surface area contributed by atoms with Gasteiger partial charge in [0.05, 0.1) is 6.61 Å². The van der Waals surface area contributed by atoms with Crippen LogP contribution >= 0.6 is 0 Å². The van der Waals surface area contributed by atoms with Crippen LogP contribution in [0.5, 0.6) is 5.75 Å². The van der Waals surface area contributed by atoms with E-state index < -0.39 is 0 Å². The fourth-order valence-electron chi connectivity index (χ4n) is 3.36. The molecule has 1 fully saturated rings. The number of anilines is 1. The van der Waals surface area contributed by atoms with E-state index >= 15 is 0 Å². The smallest absolute Gasteiger partial charge is 0.189 e. The summed E-state index contributed by atoms with van der Waals surface area (Å²) in [4.78, 5) is 2.45. The van der Waals surface area contributed by atoms with Gasteiger partial charge in [-0.1, -0.05) is 19.3 Å². The predicted molar refractivity (Wildman–Crippen MR) is 79.5 cm³/mol. The minimum atomic E-state index is 0.344. The van der Waals surface area contributed by atoms with E-state index in [9.17, 15) is 0 Å². The minimum absolute atomic E-state index is 0.344. The number of hydrogen-bond acceptors (Lipinski definition) is 4. The Bertz CT molecular complexity index is 470. The van der Waals surface area contributed by atoms with Crippen LogP contribution in [0.4, 0.5) is 5.69 Å². The van der Waals surface area contributed by atoms with Gasteiger partial charge in [-0.15, -0.1) is 0 Å². The van der Waals surface area contributed by atoms with Gasteiger partial charge in [-0.2, -0.15) is 0 Å². The summed E-state index contributed by atoms with van der Waals surface area (Å²) < 4.78 is 11.0. The highest BCUT2D eigenvalue weighted by Crippen LogP contribution is 2.32. The molecule has 1 aliphatic heterocycles. The van der Waals surface area contributed by atoms with Gasteiger partial charge in [-0.3, -0.25) is 4.90 Å². The average Bonchev–Trinajstić information content (AvgIpc) is 2.48. The van der Waals surface area contributed by atoms with Crippen LogP contribution in [0.2, 0.25) is 0 Å². The van der Waals surface area contributed by atoms with E-state index in [0.29, 0.717) is 19.4 Å². The van der Waals surface area contributed by atoms with Crippen LogP contribution in [0.25, 0.3) is 0 Å². The van der Waals surface area contributed by atoms with Crippen molar-refractivity contribution >= 4 is 5.69 Å². The third-order valence-electron chi connectivity index (χ3n) is 4.43. The zero-order chi connectivity index (χ0) is 13.9. The fraction of sp³-hybridized carbons (Fsp3) is 0.625. The minimum Gasteiger partial charge on any atom is -0.467 e. The van der Waals surface area contributed by atoms with Crippen LogP contribution < -0.4 is 10.5 Å². The number of fused-ring (bicyclic) bond motifs is 1. The largest absolute Gasteiger partial charge is 0.467 e. The van der Waals surface area contributed by atoms with Crippen molar-refractivity contribution in [3.8, 4) is 5.75 Å². The van der Waals surface area contributed by atoms with Gasteiger partial charge >= 0.3 is 0 Å². The molecule has 4 nitrogen and oxygen atoms in total. The van der Waals surface area contributed by atoms with Gasteiger partial charge in [0.2, 0.25) is 0 Å². The molecular weight excluding hydrogens is 252 g/mol. The van der Waals surface area contributed by atoms with Crippen molar-refractivity contribution < 1.29 is 9.47 Å². The monoisotopic (exact) mass is 276 g/mol. The van der Waals surface area contributed by atoms with Crippen molar-refractivity contribution in [1.82, 2.24) is 4.90 Å². The first-order valence-corrected chi connectivity index (χ1v) is 7.56. The van der Waals surface area contributed by atoms with Gasteiger partial charge in [-0.05, 0) is 32.0 Å². The molecule has 1 heterocycles. The van der Waals surface area contributed by atoms with E-state index in [4.69, 9.17) is 15.2 Å². The summed E-state index contributed by atoms with van der Waals surface area (Å²) in [6.07, 6.45) is 6.72. The van der Waals surface area contributed by atoms with E-state index in [-0.39, 0.29) is 0 Å². The van der Waals surface area contributed by atoms with Crippen LogP contribution in [0, 0.1) is 0 Å². The van der Waals surface area contributed by atoms with Crippen molar-refractivity contribution in [3.63, 3.8) is 0 Å². The molecule has 0 aromatic heterocycles. The Balaban J connectivity index is 1.77. The van der Waals surface area contributed by atoms with Crippen LogP contribution in [-0.2, 0) is 17.9 Å². The van der Waals surface area contributed by atoms with E-state index in [1.165, 1.54) is 37.7 Å². The lowest BCUT2D eigenvalue weighted by molar-refractivity contribution is -0.0175. The maximum Gasteiger partial charge on any atom is 0.189 e. The molecule has 1 aromatic carbocycles. The van der Waals surface area contributed by atoms with Crippen molar-refractivity contribution in [2.45, 2.75) is 51.3 Å². The molecule has 0 spiro atoms. The molecule has 0 saturated heterocycles. The lowest BCUT2D eigenvalue weighted by Crippen LogP contribution is -2.33. The molecule has 0 unspecified atom stereocenters. The molecule has 0 bridgehead atoms. The third-order valence-corrected chi connectivity index (χ3v) is 4.43. The third kappa shape index (κ3) is 2.91. The maximum atomic E-state index is 6.01. The number of benzene rings is 1. The van der Waals surface area contributed by atoms with Crippen molar-refractivity contribution in [3.05, 3.63) is 23.3 Å². The van der Waals surface area contributed by atoms with Crippen molar-refractivity contribution in [2.24, 2.45) is 0 Å². The van der Waals surface area contributed by atoms with E-state index in [1.54, 1.807) is 0 Å². The van der Waals surface area contributed by atoms with Gasteiger partial charge < -0.3 is 15.2 Å². The molecule has 2 N–H and O–H groups in total. The highest BCUT2D eigenvalue weighted by Gasteiger charge is 2.21. The molecule has 1 aliphatic carbocycles. The number of nitrogens with two attached hydrogens (primary N) is 1. The quantitative estimate of drug-likeness (QED) is 0.862. The Morgan fingerprint density at radius 2 is 2.05 bits per heavy atom. The second-order valence-electron chi connectivity index (χ2n) is 5.99. The van der Waals surface area contributed by atoms with Gasteiger partial charge in [0.15, 0.2) is 6.79 Å². The number of nitrogens with zero attached hydrogens (tertiary/aromatic N) is 1. The highest BCUT2D eigenvalue weighted by atomic mass is 16.7. The topological polar surface area (TPSA) is 47.7 Å². The number of hydrogen-bond donors (Lipinski definition) is 1. The second kappa shape index (κ2) is 6.02. The van der Waals surface area contributed by atoms with Crippen LogP contribution in [0.3, 0.4) is 0 Å². The number of nitrogen functional groups attached to an aromatic ring is 1. The first-order valence-electron chi connectivity index (χ1n) is 7.56. The Morgan fingerprint density at radius 1 is 1.25 bits per heavy atom. The molecule has 3 rings (SSSR count). The van der Waals surface area contributed by atoms with Crippen LogP contribution in [0.15, 0.2) is 12.1 Å². The number of rotatable bonds is 3. The summed E-state index contributed by atoms with van der Waals surface area (Å²) in [5.74, 6) is 0.980. The molecule has 20 heavy (non-hydrogen) atoms. The summed E-state index contributed by atoms with van der Waals surface area (Å²) in [6, 6.07) is 4.70. The molecule has 0 amide bonds. The summed E-state index contributed by atoms with van der Waals surface area (Å²) in [7, 11) is 2.21. The van der Waals surface area contributed by atoms with Crippen LogP contribution in [-0.4, -0.2) is 24.8 Å². The van der Waals surface area contributed by atoms with Gasteiger partial charge in [0, 0.05) is 29.4 Å². The van der Waals surface area contributed by atoms with E-state index in [0.717, 1.165) is 23.5 Å². The predicted octanol–water partition coefficient (Wildman–Crippen LogP) is 2.90. The molecule has 2 aliphatic rings. The molecule has 4 heteroatoms. The molecule has 110 valence electrons. The van der Waals surface area contributed by atoms with Gasteiger partial charge in [0.1, 0.15) is 5.75 Å². The van der Waals surface area contributed by atoms with Gasteiger partial charge in [0.25, 0.3) is 0 Å². The summed E-state index contributed by atoms with van der Waals surface area (Å²) >= 11 is 0. The van der Waals surface area contributed by atoms with Gasteiger partial charge in [-0.25, -0.2) is 0 Å². The molecule has 1 saturated carbocycles. The van der Waals surface area contributed by atoms with E-state index in [1.807, 2.05) is 12.1 Å². The summed E-state index contributed by atoms with van der Waals surface area (Å²) in [6.45, 7) is 1.84. The zero-order valence-corrected chi connectivity index (χ0v) is 12.2. The first-order chi connectivity index (χ1) is 9.74. The zero-order valence-electron chi connectivity index (χ0n) is 12.2. The average molecular weight is 276 g/mol. The maximum absolute atomic E-state index is 6.01.